The molecule has 16 heavy (non-hydrogen) atoms. The molecule has 0 amide bonds. The molecule has 1 aromatic rings. The van der Waals surface area contributed by atoms with E-state index in [9.17, 15) is 13.6 Å². The van der Waals surface area contributed by atoms with Gasteiger partial charge in [0, 0.05) is 11.8 Å². The molecule has 3 nitrogen and oxygen atoms in total. The number of methoxy groups -OCH3 is 1. The lowest BCUT2D eigenvalue weighted by Crippen LogP contribution is -2.08. The van der Waals surface area contributed by atoms with Gasteiger partial charge in [-0.05, 0) is 21.5 Å². The van der Waals surface area contributed by atoms with E-state index < -0.39 is 12.4 Å². The average Bonchev–Trinajstić information content (AvgIpc) is 2.24. The van der Waals surface area contributed by atoms with E-state index in [1.807, 2.05) is 0 Å². The van der Waals surface area contributed by atoms with Crippen LogP contribution in [0.5, 0.6) is 0 Å². The van der Waals surface area contributed by atoms with Gasteiger partial charge in [-0.25, -0.2) is 13.8 Å². The Morgan fingerprint density at radius 2 is 2.31 bits per heavy atom. The van der Waals surface area contributed by atoms with Crippen LogP contribution in [-0.4, -0.2) is 18.1 Å². The van der Waals surface area contributed by atoms with Crippen LogP contribution in [-0.2, 0) is 16.0 Å². The lowest BCUT2D eigenvalue weighted by molar-refractivity contribution is -0.139. The molecule has 0 fully saturated rings. The largest absolute Gasteiger partial charge is 0.469 e. The number of aromatic nitrogens is 1. The van der Waals surface area contributed by atoms with Crippen molar-refractivity contribution >= 4 is 33.5 Å². The molecule has 0 N–H and O–H groups in total. The number of esters is 1. The van der Waals surface area contributed by atoms with Gasteiger partial charge in [-0.15, -0.1) is 0 Å². The van der Waals surface area contributed by atoms with E-state index in [1.165, 1.54) is 7.11 Å². The second-order valence-corrected chi connectivity index (χ2v) is 3.98. The molecule has 0 bridgehead atoms. The maximum absolute atomic E-state index is 12.6. The zero-order valence-corrected chi connectivity index (χ0v) is 10.5. The number of pyridine rings is 1. The molecular formula is C9H7BrClF2NO2. The Bertz CT molecular complexity index is 415. The molecule has 88 valence electrons. The van der Waals surface area contributed by atoms with Crippen molar-refractivity contribution < 1.29 is 18.3 Å². The number of halogens is 4. The molecule has 0 aliphatic heterocycles. The summed E-state index contributed by atoms with van der Waals surface area (Å²) in [7, 11) is 1.18. The summed E-state index contributed by atoms with van der Waals surface area (Å²) in [4.78, 5) is 14.7. The predicted molar refractivity (Wildman–Crippen MR) is 57.6 cm³/mol. The molecule has 0 aliphatic rings. The highest BCUT2D eigenvalue weighted by atomic mass is 79.9. The first-order chi connectivity index (χ1) is 7.47. The number of carbonyl (C=O) groups excluding carboxylic acids is 1. The smallest absolute Gasteiger partial charge is 0.310 e. The third-order valence-corrected chi connectivity index (χ3v) is 3.13. The average molecular weight is 315 g/mol. The first kappa shape index (κ1) is 13.3. The van der Waals surface area contributed by atoms with Crippen molar-refractivity contribution in [2.45, 2.75) is 12.8 Å². The minimum absolute atomic E-state index is 0.00296. The molecule has 0 aromatic carbocycles. The predicted octanol–water partition coefficient (Wildman–Crippen LogP) is 3.15. The Morgan fingerprint density at radius 1 is 1.69 bits per heavy atom. The van der Waals surface area contributed by atoms with Gasteiger partial charge >= 0.3 is 5.97 Å². The highest BCUT2D eigenvalue weighted by molar-refractivity contribution is 9.10. The minimum Gasteiger partial charge on any atom is -0.469 e. The van der Waals surface area contributed by atoms with Gasteiger partial charge in [-0.2, -0.15) is 0 Å². The van der Waals surface area contributed by atoms with Crippen molar-refractivity contribution in [1.29, 1.82) is 0 Å². The van der Waals surface area contributed by atoms with Crippen molar-refractivity contribution in [1.82, 2.24) is 4.98 Å². The molecule has 7 heteroatoms. The molecule has 0 saturated carbocycles. The van der Waals surface area contributed by atoms with Gasteiger partial charge in [0.25, 0.3) is 6.43 Å². The second kappa shape index (κ2) is 5.54. The summed E-state index contributed by atoms with van der Waals surface area (Å²) < 4.78 is 29.9. The summed E-state index contributed by atoms with van der Waals surface area (Å²) in [6.45, 7) is 0. The van der Waals surface area contributed by atoms with Crippen molar-refractivity contribution in [2.24, 2.45) is 0 Å². The van der Waals surface area contributed by atoms with Crippen molar-refractivity contribution in [2.75, 3.05) is 7.11 Å². The normalized spacial score (nSPS) is 10.6. The second-order valence-electron chi connectivity index (χ2n) is 2.85. The van der Waals surface area contributed by atoms with Crippen LogP contribution >= 0.6 is 27.5 Å². The Hall–Kier alpha value is -0.750. The van der Waals surface area contributed by atoms with Crippen LogP contribution in [0.3, 0.4) is 0 Å². The molecule has 0 unspecified atom stereocenters. The topological polar surface area (TPSA) is 39.2 Å². The van der Waals surface area contributed by atoms with Gasteiger partial charge < -0.3 is 4.74 Å². The molecule has 1 aromatic heterocycles. The van der Waals surface area contributed by atoms with Gasteiger partial charge in [0.2, 0.25) is 0 Å². The van der Waals surface area contributed by atoms with E-state index in [0.717, 1.165) is 6.20 Å². The van der Waals surface area contributed by atoms with Crippen LogP contribution in [0.25, 0.3) is 0 Å². The lowest BCUT2D eigenvalue weighted by Gasteiger charge is -2.10. The summed E-state index contributed by atoms with van der Waals surface area (Å²) in [6, 6.07) is 0. The van der Waals surface area contributed by atoms with Crippen LogP contribution in [0.2, 0.25) is 5.02 Å². The van der Waals surface area contributed by atoms with Crippen molar-refractivity contribution in [3.05, 3.63) is 26.9 Å². The maximum Gasteiger partial charge on any atom is 0.310 e. The molecule has 0 saturated heterocycles. The minimum atomic E-state index is -2.74. The first-order valence-corrected chi connectivity index (χ1v) is 5.32. The van der Waals surface area contributed by atoms with Gasteiger partial charge in [-0.3, -0.25) is 4.79 Å². The number of hydrogen-bond acceptors (Lipinski definition) is 3. The number of rotatable bonds is 3. The Labute approximate surface area is 104 Å². The number of carbonyl (C=O) groups is 1. The van der Waals surface area contributed by atoms with E-state index in [4.69, 9.17) is 11.6 Å². The third-order valence-electron chi connectivity index (χ3n) is 1.90. The maximum atomic E-state index is 12.6. The van der Waals surface area contributed by atoms with E-state index in [0.29, 0.717) is 0 Å². The lowest BCUT2D eigenvalue weighted by atomic mass is 10.1. The number of nitrogens with zero attached hydrogens (tertiary/aromatic N) is 1. The Morgan fingerprint density at radius 3 is 2.81 bits per heavy atom. The van der Waals surface area contributed by atoms with E-state index >= 15 is 0 Å². The SMILES string of the molecule is COC(=O)Cc1c(C(F)F)cnc(Br)c1Cl. The van der Waals surface area contributed by atoms with Gasteiger partial charge in [0.15, 0.2) is 0 Å². The van der Waals surface area contributed by atoms with Crippen LogP contribution in [0.15, 0.2) is 10.8 Å². The van der Waals surface area contributed by atoms with E-state index in [2.05, 4.69) is 25.7 Å². The summed E-state index contributed by atoms with van der Waals surface area (Å²) in [5.41, 5.74) is -0.330. The summed E-state index contributed by atoms with van der Waals surface area (Å²) in [6.07, 6.45) is -2.06. The monoisotopic (exact) mass is 313 g/mol. The van der Waals surface area contributed by atoms with Crippen molar-refractivity contribution in [3.8, 4) is 0 Å². The van der Waals surface area contributed by atoms with E-state index in [-0.39, 0.29) is 27.2 Å². The molecule has 0 spiro atoms. The first-order valence-electron chi connectivity index (χ1n) is 4.15. The van der Waals surface area contributed by atoms with E-state index in [1.54, 1.807) is 0 Å². The zero-order chi connectivity index (χ0) is 12.3. The van der Waals surface area contributed by atoms with Crippen LogP contribution < -0.4 is 0 Å². The van der Waals surface area contributed by atoms with Crippen LogP contribution in [0.1, 0.15) is 17.6 Å². The molecule has 0 radical (unpaired) electrons. The summed E-state index contributed by atoms with van der Waals surface area (Å²) >= 11 is 8.79. The Kier molecular flexibility index (Phi) is 4.61. The van der Waals surface area contributed by atoms with Gasteiger partial charge in [-0.1, -0.05) is 11.6 Å². The molecule has 0 aliphatic carbocycles. The highest BCUT2D eigenvalue weighted by Crippen LogP contribution is 2.32. The van der Waals surface area contributed by atoms with Crippen LogP contribution in [0.4, 0.5) is 8.78 Å². The van der Waals surface area contributed by atoms with Crippen molar-refractivity contribution in [3.63, 3.8) is 0 Å². The standard InChI is InChI=1S/C9H7BrClF2NO2/c1-16-6(15)2-4-5(9(12)13)3-14-8(10)7(4)11/h3,9H,2H2,1H3. The molecular weight excluding hydrogens is 307 g/mol. The number of alkyl halides is 2. The van der Waals surface area contributed by atoms with Crippen LogP contribution in [0, 0.1) is 0 Å². The fourth-order valence-corrected chi connectivity index (χ4v) is 1.66. The molecule has 1 heterocycles. The fourth-order valence-electron chi connectivity index (χ4n) is 1.10. The number of ether oxygens (including phenoxy) is 1. The third kappa shape index (κ3) is 2.89. The van der Waals surface area contributed by atoms with Gasteiger partial charge in [0.05, 0.1) is 18.6 Å². The highest BCUT2D eigenvalue weighted by Gasteiger charge is 2.20. The summed E-state index contributed by atoms with van der Waals surface area (Å²) in [5, 5.41) is 0.00296. The molecule has 1 rings (SSSR count). The number of hydrogen-bond donors (Lipinski definition) is 0. The van der Waals surface area contributed by atoms with Gasteiger partial charge in [0.1, 0.15) is 4.60 Å². The zero-order valence-electron chi connectivity index (χ0n) is 8.14. The summed E-state index contributed by atoms with van der Waals surface area (Å²) in [5.74, 6) is -0.637. The molecule has 0 atom stereocenters. The Balaban J connectivity index is 3.20. The quantitative estimate of drug-likeness (QED) is 0.635. The fraction of sp³-hybridized carbons (Fsp3) is 0.333.